The smallest absolute Gasteiger partial charge is 0.303 e. The van der Waals surface area contributed by atoms with Gasteiger partial charge in [-0.1, -0.05) is 0 Å². The lowest BCUT2D eigenvalue weighted by atomic mass is 10.1. The molecule has 2 unspecified atom stereocenters. The van der Waals surface area contributed by atoms with Crippen LogP contribution >= 0.6 is 0 Å². The highest BCUT2D eigenvalue weighted by atomic mass is 16.4. The molecule has 2 atom stereocenters. The SMILES string of the molecule is C#CCC(C)NC(C)CCC(=O)O. The van der Waals surface area contributed by atoms with E-state index < -0.39 is 5.97 Å². The Bertz CT molecular complexity index is 196. The second kappa shape index (κ2) is 6.50. The number of hydrogen-bond donors (Lipinski definition) is 2. The molecule has 0 amide bonds. The number of aliphatic carboxylic acids is 1. The minimum absolute atomic E-state index is 0.205. The van der Waals surface area contributed by atoms with Crippen LogP contribution in [0.15, 0.2) is 0 Å². The summed E-state index contributed by atoms with van der Waals surface area (Å²) in [5.41, 5.74) is 0. The summed E-state index contributed by atoms with van der Waals surface area (Å²) in [5, 5.41) is 11.7. The predicted molar refractivity (Wildman–Crippen MR) is 52.4 cm³/mol. The van der Waals surface area contributed by atoms with Crippen molar-refractivity contribution in [3.05, 3.63) is 0 Å². The largest absolute Gasteiger partial charge is 0.481 e. The molecule has 0 heterocycles. The third-order valence-electron chi connectivity index (χ3n) is 1.78. The van der Waals surface area contributed by atoms with Crippen LogP contribution in [0.5, 0.6) is 0 Å². The van der Waals surface area contributed by atoms with Gasteiger partial charge < -0.3 is 10.4 Å². The summed E-state index contributed by atoms with van der Waals surface area (Å²) in [5.74, 6) is 1.81. The summed E-state index contributed by atoms with van der Waals surface area (Å²) in [6, 6.07) is 0.466. The van der Waals surface area contributed by atoms with Crippen molar-refractivity contribution in [1.29, 1.82) is 0 Å². The normalized spacial score (nSPS) is 14.5. The van der Waals surface area contributed by atoms with E-state index in [1.165, 1.54) is 0 Å². The maximum atomic E-state index is 10.3. The van der Waals surface area contributed by atoms with Gasteiger partial charge >= 0.3 is 5.97 Å². The minimum atomic E-state index is -0.752. The van der Waals surface area contributed by atoms with Crippen molar-refractivity contribution < 1.29 is 9.90 Å². The average Bonchev–Trinajstić information content (AvgIpc) is 2.01. The van der Waals surface area contributed by atoms with Crippen LogP contribution in [0.2, 0.25) is 0 Å². The van der Waals surface area contributed by atoms with Crippen LogP contribution in [-0.4, -0.2) is 23.2 Å². The molecule has 0 bridgehead atoms. The van der Waals surface area contributed by atoms with Crippen LogP contribution in [0, 0.1) is 12.3 Å². The monoisotopic (exact) mass is 183 g/mol. The van der Waals surface area contributed by atoms with Crippen molar-refractivity contribution in [3.63, 3.8) is 0 Å². The topological polar surface area (TPSA) is 49.3 Å². The molecule has 0 saturated carbocycles. The number of carboxylic acid groups (broad SMARTS) is 1. The Hall–Kier alpha value is -1.01. The van der Waals surface area contributed by atoms with E-state index in [1.54, 1.807) is 0 Å². The fourth-order valence-corrected chi connectivity index (χ4v) is 1.14. The van der Waals surface area contributed by atoms with Crippen molar-refractivity contribution in [2.75, 3.05) is 0 Å². The summed E-state index contributed by atoms with van der Waals surface area (Å²) >= 11 is 0. The lowest BCUT2D eigenvalue weighted by Crippen LogP contribution is -2.34. The number of nitrogens with one attached hydrogen (secondary N) is 1. The molecular formula is C10H17NO2. The van der Waals surface area contributed by atoms with Gasteiger partial charge in [0.05, 0.1) is 0 Å². The van der Waals surface area contributed by atoms with Gasteiger partial charge in [0.2, 0.25) is 0 Å². The fourth-order valence-electron chi connectivity index (χ4n) is 1.14. The van der Waals surface area contributed by atoms with E-state index in [0.29, 0.717) is 12.8 Å². The van der Waals surface area contributed by atoms with Crippen molar-refractivity contribution in [2.24, 2.45) is 0 Å². The first-order valence-electron chi connectivity index (χ1n) is 4.47. The maximum absolute atomic E-state index is 10.3. The summed E-state index contributed by atoms with van der Waals surface area (Å²) in [4.78, 5) is 10.3. The molecule has 3 heteroatoms. The Morgan fingerprint density at radius 3 is 2.62 bits per heavy atom. The fraction of sp³-hybridized carbons (Fsp3) is 0.700. The van der Waals surface area contributed by atoms with E-state index in [2.05, 4.69) is 11.2 Å². The zero-order valence-electron chi connectivity index (χ0n) is 8.21. The van der Waals surface area contributed by atoms with Gasteiger partial charge in [-0.3, -0.25) is 4.79 Å². The molecule has 0 aliphatic heterocycles. The minimum Gasteiger partial charge on any atom is -0.481 e. The first kappa shape index (κ1) is 12.0. The van der Waals surface area contributed by atoms with Crippen molar-refractivity contribution in [3.8, 4) is 12.3 Å². The molecule has 0 saturated heterocycles. The van der Waals surface area contributed by atoms with Crippen molar-refractivity contribution in [1.82, 2.24) is 5.32 Å². The molecule has 0 aliphatic carbocycles. The van der Waals surface area contributed by atoms with Gasteiger partial charge in [-0.05, 0) is 20.3 Å². The first-order chi connectivity index (χ1) is 6.06. The number of carboxylic acids is 1. The van der Waals surface area contributed by atoms with Gasteiger partial charge in [0.1, 0.15) is 0 Å². The van der Waals surface area contributed by atoms with Gasteiger partial charge in [-0.15, -0.1) is 12.3 Å². The Kier molecular flexibility index (Phi) is 5.99. The van der Waals surface area contributed by atoms with Crippen molar-refractivity contribution in [2.45, 2.75) is 45.2 Å². The van der Waals surface area contributed by atoms with Crippen LogP contribution in [0.1, 0.15) is 33.1 Å². The summed E-state index contributed by atoms with van der Waals surface area (Å²) in [7, 11) is 0. The lowest BCUT2D eigenvalue weighted by molar-refractivity contribution is -0.137. The van der Waals surface area contributed by atoms with Crippen LogP contribution in [-0.2, 0) is 4.79 Å². The molecule has 0 aromatic heterocycles. The summed E-state index contributed by atoms with van der Waals surface area (Å²) in [6.45, 7) is 3.97. The van der Waals surface area contributed by atoms with E-state index in [4.69, 9.17) is 11.5 Å². The molecule has 3 nitrogen and oxygen atoms in total. The molecule has 2 N–H and O–H groups in total. The first-order valence-corrected chi connectivity index (χ1v) is 4.47. The highest BCUT2D eigenvalue weighted by Crippen LogP contribution is 1.99. The number of carbonyl (C=O) groups is 1. The molecule has 74 valence electrons. The Labute approximate surface area is 79.5 Å². The second-order valence-electron chi connectivity index (χ2n) is 3.31. The second-order valence-corrected chi connectivity index (χ2v) is 3.31. The average molecular weight is 183 g/mol. The third kappa shape index (κ3) is 7.35. The van der Waals surface area contributed by atoms with Gasteiger partial charge in [-0.25, -0.2) is 0 Å². The van der Waals surface area contributed by atoms with E-state index in [-0.39, 0.29) is 18.5 Å². The molecule has 0 rings (SSSR count). The molecule has 0 aromatic carbocycles. The van der Waals surface area contributed by atoms with E-state index in [9.17, 15) is 4.79 Å². The van der Waals surface area contributed by atoms with E-state index >= 15 is 0 Å². The zero-order valence-corrected chi connectivity index (χ0v) is 8.21. The van der Waals surface area contributed by atoms with Crippen LogP contribution in [0.25, 0.3) is 0 Å². The third-order valence-corrected chi connectivity index (χ3v) is 1.78. The Morgan fingerprint density at radius 2 is 2.15 bits per heavy atom. The Morgan fingerprint density at radius 1 is 1.54 bits per heavy atom. The van der Waals surface area contributed by atoms with Crippen molar-refractivity contribution >= 4 is 5.97 Å². The predicted octanol–water partition coefficient (Wildman–Crippen LogP) is 1.24. The molecule has 0 radical (unpaired) electrons. The van der Waals surface area contributed by atoms with Gasteiger partial charge in [0.25, 0.3) is 0 Å². The van der Waals surface area contributed by atoms with E-state index in [1.807, 2.05) is 13.8 Å². The molecule has 13 heavy (non-hydrogen) atoms. The zero-order chi connectivity index (χ0) is 10.3. The highest BCUT2D eigenvalue weighted by Gasteiger charge is 2.07. The summed E-state index contributed by atoms with van der Waals surface area (Å²) < 4.78 is 0. The molecule has 0 fully saturated rings. The van der Waals surface area contributed by atoms with Crippen LogP contribution in [0.4, 0.5) is 0 Å². The molecular weight excluding hydrogens is 166 g/mol. The number of rotatable bonds is 6. The summed E-state index contributed by atoms with van der Waals surface area (Å²) in [6.07, 6.45) is 6.67. The quantitative estimate of drug-likeness (QED) is 0.609. The van der Waals surface area contributed by atoms with Gasteiger partial charge in [0, 0.05) is 24.9 Å². The number of hydrogen-bond acceptors (Lipinski definition) is 2. The van der Waals surface area contributed by atoms with Gasteiger partial charge in [-0.2, -0.15) is 0 Å². The lowest BCUT2D eigenvalue weighted by Gasteiger charge is -2.17. The maximum Gasteiger partial charge on any atom is 0.303 e. The molecule has 0 aromatic rings. The Balaban J connectivity index is 3.56. The van der Waals surface area contributed by atoms with Crippen LogP contribution in [0.3, 0.4) is 0 Å². The van der Waals surface area contributed by atoms with Crippen LogP contribution < -0.4 is 5.32 Å². The molecule has 0 spiro atoms. The highest BCUT2D eigenvalue weighted by molar-refractivity contribution is 5.66. The standard InChI is InChI=1S/C10H17NO2/c1-4-5-8(2)11-9(3)6-7-10(12)13/h1,8-9,11H,5-7H2,2-3H3,(H,12,13). The van der Waals surface area contributed by atoms with E-state index in [0.717, 1.165) is 0 Å². The number of terminal acetylenes is 1. The van der Waals surface area contributed by atoms with Gasteiger partial charge in [0.15, 0.2) is 0 Å². The molecule has 0 aliphatic rings.